The highest BCUT2D eigenvalue weighted by molar-refractivity contribution is 5.04. The van der Waals surface area contributed by atoms with E-state index in [0.29, 0.717) is 6.92 Å². The van der Waals surface area contributed by atoms with E-state index in [1.807, 2.05) is 0 Å². The van der Waals surface area contributed by atoms with Gasteiger partial charge >= 0.3 is 18.0 Å². The zero-order chi connectivity index (χ0) is 12.7. The monoisotopic (exact) mass is 248 g/mol. The lowest BCUT2D eigenvalue weighted by molar-refractivity contribution is -0.396. The second kappa shape index (κ2) is 3.44. The van der Waals surface area contributed by atoms with Gasteiger partial charge in [0.1, 0.15) is 0 Å². The lowest BCUT2D eigenvalue weighted by atomic mass is 9.94. The fraction of sp³-hybridized carbons (Fsp3) is 1.00. The minimum Gasteiger partial charge on any atom is -0.217 e. The third-order valence-corrected chi connectivity index (χ3v) is 1.73. The van der Waals surface area contributed by atoms with Gasteiger partial charge in [0.05, 0.1) is 0 Å². The summed E-state index contributed by atoms with van der Waals surface area (Å²) < 4.78 is 108. The van der Waals surface area contributed by atoms with Gasteiger partial charge in [0.15, 0.2) is 0 Å². The summed E-state index contributed by atoms with van der Waals surface area (Å²) in [5, 5.41) is 0. The molecule has 0 aliphatic heterocycles. The second-order valence-corrected chi connectivity index (χ2v) is 2.71. The maximum atomic E-state index is 12.6. The van der Waals surface area contributed by atoms with Gasteiger partial charge in [-0.05, 0) is 0 Å². The predicted octanol–water partition coefficient (Wildman–Crippen LogP) is 3.86. The van der Waals surface area contributed by atoms with Crippen LogP contribution >= 0.6 is 0 Å². The molecule has 0 bridgehead atoms. The quantitative estimate of drug-likeness (QED) is 0.651. The highest BCUT2D eigenvalue weighted by Gasteiger charge is 2.83. The van der Waals surface area contributed by atoms with Gasteiger partial charge in [0, 0.05) is 6.42 Å². The molecule has 0 saturated heterocycles. The van der Waals surface area contributed by atoms with E-state index < -0.39 is 30.4 Å². The zero-order valence-corrected chi connectivity index (χ0v) is 7.11. The number of hydrogen-bond acceptors (Lipinski definition) is 0. The van der Waals surface area contributed by atoms with Crippen molar-refractivity contribution in [3.8, 4) is 0 Å². The van der Waals surface area contributed by atoms with E-state index in [2.05, 4.69) is 0 Å². The molecule has 0 aromatic heterocycles. The molecule has 0 spiro atoms. The molecule has 0 radical (unpaired) electrons. The van der Waals surface area contributed by atoms with Crippen molar-refractivity contribution < 1.29 is 39.5 Å². The van der Waals surface area contributed by atoms with Crippen LogP contribution in [0.1, 0.15) is 13.3 Å². The van der Waals surface area contributed by atoms with Crippen LogP contribution in [0.25, 0.3) is 0 Å². The molecule has 0 fully saturated rings. The van der Waals surface area contributed by atoms with Gasteiger partial charge in [0.25, 0.3) is 5.92 Å². The van der Waals surface area contributed by atoms with Crippen molar-refractivity contribution in [1.29, 1.82) is 0 Å². The Bertz CT molecular complexity index is 208. The molecule has 0 aromatic carbocycles. The average Bonchev–Trinajstić information content (AvgIpc) is 1.98. The molecule has 0 nitrogen and oxygen atoms in total. The van der Waals surface area contributed by atoms with E-state index in [1.54, 1.807) is 0 Å². The van der Waals surface area contributed by atoms with Gasteiger partial charge in [-0.2, -0.15) is 26.3 Å². The van der Waals surface area contributed by atoms with E-state index in [0.717, 1.165) is 0 Å². The van der Waals surface area contributed by atoms with Gasteiger partial charge in [-0.15, -0.1) is 0 Å². The minimum atomic E-state index is -6.72. The van der Waals surface area contributed by atoms with Crippen LogP contribution < -0.4 is 0 Å². The lowest BCUT2D eigenvalue weighted by Crippen LogP contribution is -2.64. The third kappa shape index (κ3) is 2.00. The van der Waals surface area contributed by atoms with Gasteiger partial charge in [-0.3, -0.25) is 0 Å². The molecule has 0 aromatic rings. The molecule has 0 unspecified atom stereocenters. The van der Waals surface area contributed by atoms with Gasteiger partial charge in [0.2, 0.25) is 0 Å². The molecular weight excluding hydrogens is 243 g/mol. The normalized spacial score (nSPS) is 15.6. The largest absolute Gasteiger partial charge is 0.437 e. The Kier molecular flexibility index (Phi) is 3.30. The van der Waals surface area contributed by atoms with E-state index in [1.165, 1.54) is 0 Å². The first-order valence-electron chi connectivity index (χ1n) is 3.51. The predicted molar refractivity (Wildman–Crippen MR) is 31.2 cm³/mol. The Labute approximate surface area is 78.1 Å². The summed E-state index contributed by atoms with van der Waals surface area (Å²) in [5.41, 5.74) is -6.51. The minimum absolute atomic E-state index is 0.325. The molecular formula is C6H5F9. The molecule has 0 aliphatic carbocycles. The summed E-state index contributed by atoms with van der Waals surface area (Å²) >= 11 is 0. The Hall–Kier alpha value is -0.630. The molecule has 0 saturated carbocycles. The second-order valence-electron chi connectivity index (χ2n) is 2.71. The topological polar surface area (TPSA) is 0 Å². The SMILES string of the molecule is CCC(F)(F)C(F)(C(F)(F)F)C(F)(F)F. The molecule has 0 heterocycles. The molecule has 0 N–H and O–H groups in total. The average molecular weight is 248 g/mol. The van der Waals surface area contributed by atoms with E-state index in [9.17, 15) is 39.5 Å². The first kappa shape index (κ1) is 14.4. The number of hydrogen-bond donors (Lipinski definition) is 0. The summed E-state index contributed by atoms with van der Waals surface area (Å²) in [6, 6.07) is 0. The van der Waals surface area contributed by atoms with Crippen molar-refractivity contribution in [1.82, 2.24) is 0 Å². The number of alkyl halides is 9. The molecule has 9 heteroatoms. The Morgan fingerprint density at radius 3 is 1.00 bits per heavy atom. The Morgan fingerprint density at radius 2 is 0.933 bits per heavy atom. The van der Waals surface area contributed by atoms with Crippen LogP contribution in [0.4, 0.5) is 39.5 Å². The van der Waals surface area contributed by atoms with Crippen LogP contribution in [0.15, 0.2) is 0 Å². The first-order chi connectivity index (χ1) is 6.31. The van der Waals surface area contributed by atoms with Gasteiger partial charge in [-0.25, -0.2) is 13.2 Å². The van der Waals surface area contributed by atoms with Crippen LogP contribution in [0.2, 0.25) is 0 Å². The molecule has 0 rings (SSSR count). The van der Waals surface area contributed by atoms with Crippen molar-refractivity contribution in [2.24, 2.45) is 0 Å². The van der Waals surface area contributed by atoms with Crippen LogP contribution in [-0.4, -0.2) is 23.9 Å². The maximum absolute atomic E-state index is 12.6. The fourth-order valence-electron chi connectivity index (χ4n) is 0.819. The zero-order valence-electron chi connectivity index (χ0n) is 7.11. The van der Waals surface area contributed by atoms with E-state index in [-0.39, 0.29) is 0 Å². The van der Waals surface area contributed by atoms with Crippen molar-refractivity contribution in [2.75, 3.05) is 0 Å². The summed E-state index contributed by atoms with van der Waals surface area (Å²) in [6.07, 6.45) is -15.3. The molecule has 0 atom stereocenters. The van der Waals surface area contributed by atoms with Gasteiger partial charge < -0.3 is 0 Å². The molecule has 92 valence electrons. The molecule has 0 aliphatic rings. The summed E-state index contributed by atoms with van der Waals surface area (Å²) in [5.74, 6) is -5.55. The molecule has 0 amide bonds. The summed E-state index contributed by atoms with van der Waals surface area (Å²) in [7, 11) is 0. The maximum Gasteiger partial charge on any atom is 0.437 e. The smallest absolute Gasteiger partial charge is 0.217 e. The van der Waals surface area contributed by atoms with Crippen LogP contribution in [-0.2, 0) is 0 Å². The van der Waals surface area contributed by atoms with Crippen LogP contribution in [0, 0.1) is 0 Å². The van der Waals surface area contributed by atoms with Crippen molar-refractivity contribution >= 4 is 0 Å². The first-order valence-corrected chi connectivity index (χ1v) is 3.51. The summed E-state index contributed by atoms with van der Waals surface area (Å²) in [6.45, 7) is 0.325. The van der Waals surface area contributed by atoms with Crippen molar-refractivity contribution in [2.45, 2.75) is 37.3 Å². The van der Waals surface area contributed by atoms with Gasteiger partial charge in [-0.1, -0.05) is 6.92 Å². The Morgan fingerprint density at radius 1 is 0.667 bits per heavy atom. The summed E-state index contributed by atoms with van der Waals surface area (Å²) in [4.78, 5) is 0. The van der Waals surface area contributed by atoms with E-state index in [4.69, 9.17) is 0 Å². The van der Waals surface area contributed by atoms with Crippen LogP contribution in [0.3, 0.4) is 0 Å². The fourth-order valence-corrected chi connectivity index (χ4v) is 0.819. The van der Waals surface area contributed by atoms with Crippen molar-refractivity contribution in [3.05, 3.63) is 0 Å². The van der Waals surface area contributed by atoms with Crippen molar-refractivity contribution in [3.63, 3.8) is 0 Å². The Balaban J connectivity index is 5.65. The highest BCUT2D eigenvalue weighted by Crippen LogP contribution is 2.55. The highest BCUT2D eigenvalue weighted by atomic mass is 19.4. The van der Waals surface area contributed by atoms with E-state index >= 15 is 0 Å². The molecule has 15 heavy (non-hydrogen) atoms. The standard InChI is InChI=1S/C6H5F9/c1-2-3(7,8)4(9,5(10,11)12)6(13,14)15/h2H2,1H3. The lowest BCUT2D eigenvalue weighted by Gasteiger charge is -2.35. The number of halogens is 9. The third-order valence-electron chi connectivity index (χ3n) is 1.73. The van der Waals surface area contributed by atoms with Crippen LogP contribution in [0.5, 0.6) is 0 Å². The number of rotatable bonds is 2.